The zero-order chi connectivity index (χ0) is 14.9. The standard InChI is InChI=1S/C15H24FN3O/c1-10(17)11-4-5-15(14(16)6-11)19-9-13(20)7-12(19)8-18(2)3/h4-6,10,12-13,20H,7-9,17H2,1-3H3. The first-order chi connectivity index (χ1) is 9.38. The van der Waals surface area contributed by atoms with Gasteiger partial charge in [0.25, 0.3) is 0 Å². The first kappa shape index (κ1) is 15.2. The van der Waals surface area contributed by atoms with Gasteiger partial charge < -0.3 is 20.6 Å². The van der Waals surface area contributed by atoms with Crippen molar-refractivity contribution in [3.8, 4) is 0 Å². The van der Waals surface area contributed by atoms with Crippen molar-refractivity contribution < 1.29 is 9.50 Å². The third-order valence-electron chi connectivity index (χ3n) is 3.78. The second-order valence-corrected chi connectivity index (χ2v) is 5.96. The predicted molar refractivity (Wildman–Crippen MR) is 79.3 cm³/mol. The van der Waals surface area contributed by atoms with Gasteiger partial charge in [-0.1, -0.05) is 6.07 Å². The van der Waals surface area contributed by atoms with Crippen LogP contribution in [0.1, 0.15) is 24.9 Å². The van der Waals surface area contributed by atoms with Crippen LogP contribution in [-0.4, -0.2) is 49.3 Å². The fourth-order valence-electron chi connectivity index (χ4n) is 2.82. The van der Waals surface area contributed by atoms with Gasteiger partial charge in [0.15, 0.2) is 0 Å². The fraction of sp³-hybridized carbons (Fsp3) is 0.600. The number of β-amino-alcohol motifs (C(OH)–C–C–N with tert-alkyl or cyclic N) is 1. The number of aliphatic hydroxyl groups is 1. The minimum Gasteiger partial charge on any atom is -0.391 e. The van der Waals surface area contributed by atoms with Crippen LogP contribution in [0.3, 0.4) is 0 Å². The summed E-state index contributed by atoms with van der Waals surface area (Å²) in [5.41, 5.74) is 7.12. The normalized spacial score (nSPS) is 24.4. The molecule has 1 aliphatic heterocycles. The fourth-order valence-corrected chi connectivity index (χ4v) is 2.82. The topological polar surface area (TPSA) is 52.7 Å². The number of hydrogen-bond donors (Lipinski definition) is 2. The van der Waals surface area contributed by atoms with E-state index >= 15 is 0 Å². The molecule has 2 rings (SSSR count). The van der Waals surface area contributed by atoms with Crippen molar-refractivity contribution in [2.75, 3.05) is 32.1 Å². The lowest BCUT2D eigenvalue weighted by Crippen LogP contribution is -2.38. The summed E-state index contributed by atoms with van der Waals surface area (Å²) in [5.74, 6) is -0.266. The quantitative estimate of drug-likeness (QED) is 0.874. The van der Waals surface area contributed by atoms with Crippen LogP contribution in [0.4, 0.5) is 10.1 Å². The average molecular weight is 281 g/mol. The van der Waals surface area contributed by atoms with E-state index in [1.165, 1.54) is 6.07 Å². The molecule has 0 radical (unpaired) electrons. The first-order valence-corrected chi connectivity index (χ1v) is 7.03. The Morgan fingerprint density at radius 3 is 2.75 bits per heavy atom. The lowest BCUT2D eigenvalue weighted by Gasteiger charge is -2.29. The molecule has 0 spiro atoms. The second kappa shape index (κ2) is 6.08. The molecule has 1 heterocycles. The summed E-state index contributed by atoms with van der Waals surface area (Å²) in [6.07, 6.45) is 0.277. The Balaban J connectivity index is 2.25. The summed E-state index contributed by atoms with van der Waals surface area (Å²) in [6, 6.07) is 5.09. The van der Waals surface area contributed by atoms with Gasteiger partial charge in [-0.05, 0) is 45.1 Å². The summed E-state index contributed by atoms with van der Waals surface area (Å²) >= 11 is 0. The monoisotopic (exact) mass is 281 g/mol. The van der Waals surface area contributed by atoms with E-state index in [2.05, 4.69) is 4.90 Å². The molecular formula is C15H24FN3O. The molecule has 3 N–H and O–H groups in total. The molecule has 0 saturated carbocycles. The van der Waals surface area contributed by atoms with Crippen molar-refractivity contribution in [2.24, 2.45) is 5.73 Å². The van der Waals surface area contributed by atoms with E-state index < -0.39 is 6.10 Å². The Morgan fingerprint density at radius 2 is 2.20 bits per heavy atom. The molecular weight excluding hydrogens is 257 g/mol. The number of anilines is 1. The maximum Gasteiger partial charge on any atom is 0.146 e. The number of halogens is 1. The molecule has 1 aliphatic rings. The molecule has 0 amide bonds. The molecule has 1 aromatic carbocycles. The van der Waals surface area contributed by atoms with Crippen LogP contribution in [0.25, 0.3) is 0 Å². The minimum atomic E-state index is -0.396. The Bertz CT molecular complexity index is 464. The van der Waals surface area contributed by atoms with E-state index in [0.29, 0.717) is 18.7 Å². The molecule has 1 saturated heterocycles. The van der Waals surface area contributed by atoms with Gasteiger partial charge in [0.05, 0.1) is 11.8 Å². The molecule has 1 aromatic rings. The van der Waals surface area contributed by atoms with Gasteiger partial charge >= 0.3 is 0 Å². The van der Waals surface area contributed by atoms with Crippen molar-refractivity contribution in [1.82, 2.24) is 4.90 Å². The minimum absolute atomic E-state index is 0.135. The van der Waals surface area contributed by atoms with Gasteiger partial charge in [0, 0.05) is 25.2 Å². The molecule has 0 bridgehead atoms. The molecule has 0 aliphatic carbocycles. The van der Waals surface area contributed by atoms with Gasteiger partial charge in [0.2, 0.25) is 0 Å². The highest BCUT2D eigenvalue weighted by molar-refractivity contribution is 5.52. The van der Waals surface area contributed by atoms with Gasteiger partial charge in [-0.15, -0.1) is 0 Å². The van der Waals surface area contributed by atoms with Crippen LogP contribution < -0.4 is 10.6 Å². The van der Waals surface area contributed by atoms with Crippen molar-refractivity contribution in [3.63, 3.8) is 0 Å². The number of nitrogens with zero attached hydrogens (tertiary/aromatic N) is 2. The van der Waals surface area contributed by atoms with Crippen LogP contribution in [0.2, 0.25) is 0 Å². The number of benzene rings is 1. The molecule has 0 aromatic heterocycles. The summed E-state index contributed by atoms with van der Waals surface area (Å²) in [5, 5.41) is 9.88. The molecule has 5 heteroatoms. The van der Waals surface area contributed by atoms with Gasteiger partial charge in [-0.25, -0.2) is 4.39 Å². The van der Waals surface area contributed by atoms with Gasteiger partial charge in [0.1, 0.15) is 5.82 Å². The van der Waals surface area contributed by atoms with E-state index in [0.717, 1.165) is 12.1 Å². The maximum absolute atomic E-state index is 14.3. The van der Waals surface area contributed by atoms with E-state index in [1.54, 1.807) is 6.07 Å². The zero-order valence-corrected chi connectivity index (χ0v) is 12.4. The number of aliphatic hydroxyl groups excluding tert-OH is 1. The van der Waals surface area contributed by atoms with Crippen LogP contribution >= 0.6 is 0 Å². The van der Waals surface area contributed by atoms with Gasteiger partial charge in [-0.2, -0.15) is 0 Å². The van der Waals surface area contributed by atoms with E-state index in [-0.39, 0.29) is 17.9 Å². The highest BCUT2D eigenvalue weighted by atomic mass is 19.1. The van der Waals surface area contributed by atoms with Crippen molar-refractivity contribution >= 4 is 5.69 Å². The summed E-state index contributed by atoms with van der Waals surface area (Å²) in [7, 11) is 3.97. The van der Waals surface area contributed by atoms with Crippen LogP contribution in [0.15, 0.2) is 18.2 Å². The molecule has 3 atom stereocenters. The van der Waals surface area contributed by atoms with Crippen molar-refractivity contribution in [3.05, 3.63) is 29.6 Å². The number of hydrogen-bond acceptors (Lipinski definition) is 4. The highest BCUT2D eigenvalue weighted by Gasteiger charge is 2.32. The highest BCUT2D eigenvalue weighted by Crippen LogP contribution is 2.30. The molecule has 3 unspecified atom stereocenters. The first-order valence-electron chi connectivity index (χ1n) is 7.03. The SMILES string of the molecule is CC(N)c1ccc(N2CC(O)CC2CN(C)C)c(F)c1. The Morgan fingerprint density at radius 1 is 1.50 bits per heavy atom. The average Bonchev–Trinajstić information content (AvgIpc) is 2.68. The third-order valence-corrected chi connectivity index (χ3v) is 3.78. The molecule has 112 valence electrons. The van der Waals surface area contributed by atoms with E-state index in [9.17, 15) is 9.50 Å². The van der Waals surface area contributed by atoms with Crippen LogP contribution in [0.5, 0.6) is 0 Å². The maximum atomic E-state index is 14.3. The molecule has 1 fully saturated rings. The molecule has 4 nitrogen and oxygen atoms in total. The van der Waals surface area contributed by atoms with Crippen LogP contribution in [-0.2, 0) is 0 Å². The smallest absolute Gasteiger partial charge is 0.146 e. The Kier molecular flexibility index (Phi) is 4.62. The largest absolute Gasteiger partial charge is 0.391 e. The zero-order valence-electron chi connectivity index (χ0n) is 12.4. The molecule has 20 heavy (non-hydrogen) atoms. The second-order valence-electron chi connectivity index (χ2n) is 5.96. The summed E-state index contributed by atoms with van der Waals surface area (Å²) in [6.45, 7) is 3.11. The van der Waals surface area contributed by atoms with E-state index in [1.807, 2.05) is 32.0 Å². The predicted octanol–water partition coefficient (Wildman–Crippen LogP) is 1.35. The summed E-state index contributed by atoms with van der Waals surface area (Å²) in [4.78, 5) is 4.02. The lowest BCUT2D eigenvalue weighted by molar-refractivity contribution is 0.191. The Labute approximate surface area is 120 Å². The number of rotatable bonds is 4. The summed E-state index contributed by atoms with van der Waals surface area (Å²) < 4.78 is 14.3. The van der Waals surface area contributed by atoms with Crippen molar-refractivity contribution in [1.29, 1.82) is 0 Å². The number of nitrogens with two attached hydrogens (primary N) is 1. The number of likely N-dealkylation sites (N-methyl/N-ethyl adjacent to an activating group) is 1. The third kappa shape index (κ3) is 3.29. The van der Waals surface area contributed by atoms with Crippen molar-refractivity contribution in [2.45, 2.75) is 31.5 Å². The Hall–Kier alpha value is -1.17. The van der Waals surface area contributed by atoms with Crippen LogP contribution in [0, 0.1) is 5.82 Å². The lowest BCUT2D eigenvalue weighted by atomic mass is 10.1. The van der Waals surface area contributed by atoms with E-state index in [4.69, 9.17) is 5.73 Å². The van der Waals surface area contributed by atoms with Gasteiger partial charge in [-0.3, -0.25) is 0 Å².